The maximum Gasteiger partial charge on any atom is 0.180 e. The molecular weight excluding hydrogens is 220 g/mol. The maximum absolute atomic E-state index is 11.5. The third-order valence-electron chi connectivity index (χ3n) is 4.45. The van der Waals surface area contributed by atoms with Crippen molar-refractivity contribution in [2.45, 2.75) is 37.9 Å². The number of allylic oxidation sites excluding steroid dienone is 1. The third kappa shape index (κ3) is 1.44. The molecule has 3 aliphatic rings. The fourth-order valence-electron chi connectivity index (χ4n) is 3.58. The SMILES string of the molecule is O=C1C=C2CCCC3(OCCO3)[C@@]2(CO)CC1. The predicted molar refractivity (Wildman–Crippen MR) is 60.3 cm³/mol. The Kier molecular flexibility index (Phi) is 2.61. The number of ketones is 1. The first-order valence-corrected chi connectivity index (χ1v) is 6.35. The summed E-state index contributed by atoms with van der Waals surface area (Å²) in [6.45, 7) is 1.18. The van der Waals surface area contributed by atoms with Crippen molar-refractivity contribution >= 4 is 5.78 Å². The van der Waals surface area contributed by atoms with E-state index in [2.05, 4.69) is 0 Å². The van der Waals surface area contributed by atoms with Gasteiger partial charge in [0.25, 0.3) is 0 Å². The van der Waals surface area contributed by atoms with E-state index in [1.54, 1.807) is 6.08 Å². The van der Waals surface area contributed by atoms with Crippen molar-refractivity contribution in [3.8, 4) is 0 Å². The second-order valence-electron chi connectivity index (χ2n) is 5.18. The second kappa shape index (κ2) is 3.90. The van der Waals surface area contributed by atoms with E-state index < -0.39 is 11.2 Å². The monoisotopic (exact) mass is 238 g/mol. The molecule has 0 unspecified atom stereocenters. The van der Waals surface area contributed by atoms with Gasteiger partial charge in [0.05, 0.1) is 25.2 Å². The zero-order chi connectivity index (χ0) is 11.9. The molecule has 0 aromatic carbocycles. The summed E-state index contributed by atoms with van der Waals surface area (Å²) >= 11 is 0. The summed E-state index contributed by atoms with van der Waals surface area (Å²) in [6, 6.07) is 0. The molecule has 1 atom stereocenters. The lowest BCUT2D eigenvalue weighted by atomic mass is 9.61. The van der Waals surface area contributed by atoms with E-state index >= 15 is 0 Å². The minimum absolute atomic E-state index is 0.00606. The number of fused-ring (bicyclic) bond motifs is 2. The van der Waals surface area contributed by atoms with Crippen LogP contribution in [-0.2, 0) is 14.3 Å². The fourth-order valence-corrected chi connectivity index (χ4v) is 3.58. The van der Waals surface area contributed by atoms with Gasteiger partial charge < -0.3 is 14.6 Å². The molecule has 17 heavy (non-hydrogen) atoms. The first-order valence-electron chi connectivity index (χ1n) is 6.35. The molecule has 1 N–H and O–H groups in total. The van der Waals surface area contributed by atoms with E-state index in [0.29, 0.717) is 26.1 Å². The van der Waals surface area contributed by atoms with E-state index in [-0.39, 0.29) is 12.4 Å². The standard InChI is InChI=1S/C13H18O4/c14-9-12-5-3-11(15)8-10(12)2-1-4-13(12)16-6-7-17-13/h8,14H,1-7,9H2/t12-/m1/s1. The molecule has 1 heterocycles. The number of aliphatic hydroxyl groups excluding tert-OH is 1. The Morgan fingerprint density at radius 2 is 2.00 bits per heavy atom. The minimum atomic E-state index is -0.674. The third-order valence-corrected chi connectivity index (χ3v) is 4.45. The predicted octanol–water partition coefficient (Wildman–Crippen LogP) is 1.18. The topological polar surface area (TPSA) is 55.8 Å². The summed E-state index contributed by atoms with van der Waals surface area (Å²) < 4.78 is 11.7. The molecule has 0 aromatic rings. The summed E-state index contributed by atoms with van der Waals surface area (Å²) in [7, 11) is 0. The normalized spacial score (nSPS) is 35.8. The highest BCUT2D eigenvalue weighted by Gasteiger charge is 2.59. The highest BCUT2D eigenvalue weighted by Crippen LogP contribution is 2.55. The lowest BCUT2D eigenvalue weighted by molar-refractivity contribution is -0.251. The molecule has 0 radical (unpaired) electrons. The molecule has 1 saturated heterocycles. The number of hydrogen-bond donors (Lipinski definition) is 1. The Balaban J connectivity index is 2.06. The number of rotatable bonds is 1. The van der Waals surface area contributed by atoms with Crippen molar-refractivity contribution in [1.29, 1.82) is 0 Å². The Hall–Kier alpha value is -0.710. The van der Waals surface area contributed by atoms with E-state index in [9.17, 15) is 9.90 Å². The average Bonchev–Trinajstić information content (AvgIpc) is 2.79. The van der Waals surface area contributed by atoms with Crippen LogP contribution in [-0.4, -0.2) is 36.5 Å². The molecule has 94 valence electrons. The molecule has 0 bridgehead atoms. The van der Waals surface area contributed by atoms with E-state index in [1.165, 1.54) is 0 Å². The number of carbonyl (C=O) groups excluding carboxylic acids is 1. The minimum Gasteiger partial charge on any atom is -0.395 e. The molecular formula is C13H18O4. The maximum atomic E-state index is 11.5. The Morgan fingerprint density at radius 1 is 1.24 bits per heavy atom. The van der Waals surface area contributed by atoms with Crippen molar-refractivity contribution in [3.05, 3.63) is 11.6 Å². The lowest BCUT2D eigenvalue weighted by Crippen LogP contribution is -2.56. The van der Waals surface area contributed by atoms with Crippen LogP contribution in [0.15, 0.2) is 11.6 Å². The van der Waals surface area contributed by atoms with Crippen LogP contribution in [0.4, 0.5) is 0 Å². The molecule has 3 rings (SSSR count). The Morgan fingerprint density at radius 3 is 2.71 bits per heavy atom. The van der Waals surface area contributed by atoms with Gasteiger partial charge >= 0.3 is 0 Å². The van der Waals surface area contributed by atoms with Crippen molar-refractivity contribution in [2.75, 3.05) is 19.8 Å². The number of ether oxygens (including phenoxy) is 2. The zero-order valence-corrected chi connectivity index (χ0v) is 9.91. The highest BCUT2D eigenvalue weighted by atomic mass is 16.7. The zero-order valence-electron chi connectivity index (χ0n) is 9.91. The second-order valence-corrected chi connectivity index (χ2v) is 5.18. The van der Waals surface area contributed by atoms with Crippen LogP contribution in [0, 0.1) is 5.41 Å². The number of hydrogen-bond acceptors (Lipinski definition) is 4. The summed E-state index contributed by atoms with van der Waals surface area (Å²) in [6.07, 6.45) is 5.50. The summed E-state index contributed by atoms with van der Waals surface area (Å²) in [5, 5.41) is 9.88. The van der Waals surface area contributed by atoms with Gasteiger partial charge in [0.1, 0.15) is 0 Å². The van der Waals surface area contributed by atoms with Gasteiger partial charge in [-0.15, -0.1) is 0 Å². The van der Waals surface area contributed by atoms with Gasteiger partial charge in [0.2, 0.25) is 0 Å². The van der Waals surface area contributed by atoms with Gasteiger partial charge in [0, 0.05) is 12.8 Å². The van der Waals surface area contributed by atoms with Crippen LogP contribution in [0.25, 0.3) is 0 Å². The highest BCUT2D eigenvalue weighted by molar-refractivity contribution is 5.91. The van der Waals surface area contributed by atoms with E-state index in [0.717, 1.165) is 24.8 Å². The summed E-state index contributed by atoms with van der Waals surface area (Å²) in [5.41, 5.74) is 0.555. The molecule has 0 amide bonds. The van der Waals surface area contributed by atoms with Crippen molar-refractivity contribution < 1.29 is 19.4 Å². The average molecular weight is 238 g/mol. The van der Waals surface area contributed by atoms with Gasteiger partial charge in [-0.1, -0.05) is 5.57 Å². The van der Waals surface area contributed by atoms with Gasteiger partial charge in [0.15, 0.2) is 11.6 Å². The smallest absolute Gasteiger partial charge is 0.180 e. The fraction of sp³-hybridized carbons (Fsp3) is 0.769. The van der Waals surface area contributed by atoms with Crippen LogP contribution < -0.4 is 0 Å². The van der Waals surface area contributed by atoms with Crippen LogP contribution in [0.1, 0.15) is 32.1 Å². The molecule has 4 heteroatoms. The number of carbonyl (C=O) groups is 1. The van der Waals surface area contributed by atoms with Crippen LogP contribution in [0.2, 0.25) is 0 Å². The van der Waals surface area contributed by atoms with Crippen molar-refractivity contribution in [3.63, 3.8) is 0 Å². The Labute approximate surface area is 101 Å². The Bertz CT molecular complexity index is 368. The van der Waals surface area contributed by atoms with Crippen molar-refractivity contribution in [1.82, 2.24) is 0 Å². The molecule has 1 aliphatic heterocycles. The van der Waals surface area contributed by atoms with E-state index in [4.69, 9.17) is 9.47 Å². The molecule has 1 spiro atoms. The molecule has 2 fully saturated rings. The van der Waals surface area contributed by atoms with Gasteiger partial charge in [-0.05, 0) is 25.3 Å². The summed E-state index contributed by atoms with van der Waals surface area (Å²) in [4.78, 5) is 11.5. The quantitative estimate of drug-likeness (QED) is 0.745. The lowest BCUT2D eigenvalue weighted by Gasteiger charge is -2.51. The van der Waals surface area contributed by atoms with Gasteiger partial charge in [-0.2, -0.15) is 0 Å². The molecule has 0 aromatic heterocycles. The van der Waals surface area contributed by atoms with Gasteiger partial charge in [-0.25, -0.2) is 0 Å². The largest absolute Gasteiger partial charge is 0.395 e. The number of aliphatic hydroxyl groups is 1. The molecule has 1 saturated carbocycles. The van der Waals surface area contributed by atoms with Crippen LogP contribution >= 0.6 is 0 Å². The van der Waals surface area contributed by atoms with Crippen LogP contribution in [0.3, 0.4) is 0 Å². The van der Waals surface area contributed by atoms with Crippen molar-refractivity contribution in [2.24, 2.45) is 5.41 Å². The first kappa shape index (κ1) is 11.4. The van der Waals surface area contributed by atoms with E-state index in [1.807, 2.05) is 0 Å². The summed E-state index contributed by atoms with van der Waals surface area (Å²) in [5.74, 6) is -0.508. The van der Waals surface area contributed by atoms with Crippen LogP contribution in [0.5, 0.6) is 0 Å². The molecule has 2 aliphatic carbocycles. The first-order chi connectivity index (χ1) is 8.22. The van der Waals surface area contributed by atoms with Gasteiger partial charge in [-0.3, -0.25) is 4.79 Å². The molecule has 4 nitrogen and oxygen atoms in total.